The molecule has 0 bridgehead atoms. The Morgan fingerprint density at radius 3 is 2.56 bits per heavy atom. The molecule has 0 radical (unpaired) electrons. The first kappa shape index (κ1) is 9.04. The van der Waals surface area contributed by atoms with E-state index in [0.29, 0.717) is 0 Å². The van der Waals surface area contributed by atoms with Crippen LogP contribution >= 0.6 is 0 Å². The third-order valence-electron chi connectivity index (χ3n) is 2.82. The first-order valence-electron chi connectivity index (χ1n) is 5.27. The smallest absolute Gasteiger partial charge is 0.0553 e. The Morgan fingerprint density at radius 2 is 1.62 bits per heavy atom. The number of hydrogen-bond acceptors (Lipinski definition) is 2. The quantitative estimate of drug-likeness (QED) is 0.669. The average Bonchev–Trinajstić information content (AvgIpc) is 2.51. The molecule has 3 rings (SSSR count). The highest BCUT2D eigenvalue weighted by Crippen LogP contribution is 2.16. The molecule has 2 heteroatoms. The molecule has 0 fully saturated rings. The predicted molar refractivity (Wildman–Crippen MR) is 68.7 cm³/mol. The molecule has 0 spiro atoms. The summed E-state index contributed by atoms with van der Waals surface area (Å²) in [6.07, 6.45) is 14.0. The highest BCUT2D eigenvalue weighted by atomic mass is 14.9. The van der Waals surface area contributed by atoms with E-state index in [9.17, 15) is 0 Å². The second kappa shape index (κ2) is 3.42. The summed E-state index contributed by atoms with van der Waals surface area (Å²) in [6, 6.07) is 4.20. The Balaban J connectivity index is 2.43. The van der Waals surface area contributed by atoms with Gasteiger partial charge in [0.1, 0.15) is 0 Å². The third kappa shape index (κ3) is 1.27. The van der Waals surface area contributed by atoms with Gasteiger partial charge >= 0.3 is 0 Å². The summed E-state index contributed by atoms with van der Waals surface area (Å²) in [5.41, 5.74) is 9.06. The van der Waals surface area contributed by atoms with Crippen molar-refractivity contribution in [2.45, 2.75) is 0 Å². The van der Waals surface area contributed by atoms with Gasteiger partial charge < -0.3 is 11.1 Å². The Hall–Kier alpha value is -2.22. The zero-order valence-corrected chi connectivity index (χ0v) is 8.77. The van der Waals surface area contributed by atoms with E-state index < -0.39 is 0 Å². The van der Waals surface area contributed by atoms with E-state index in [4.69, 9.17) is 5.73 Å². The number of fused-ring (bicyclic) bond motifs is 3. The van der Waals surface area contributed by atoms with Crippen LogP contribution in [-0.4, -0.2) is 0 Å². The maximum Gasteiger partial charge on any atom is 0.0553 e. The fourth-order valence-corrected chi connectivity index (χ4v) is 2.06. The fraction of sp³-hybridized carbons (Fsp3) is 0. The van der Waals surface area contributed by atoms with E-state index in [1.807, 2.05) is 30.5 Å². The molecule has 0 atom stereocenters. The lowest BCUT2D eigenvalue weighted by molar-refractivity contribution is 1.40. The second-order valence-electron chi connectivity index (χ2n) is 3.84. The van der Waals surface area contributed by atoms with Gasteiger partial charge in [0.15, 0.2) is 0 Å². The molecule has 2 aliphatic rings. The maximum atomic E-state index is 6.08. The van der Waals surface area contributed by atoms with E-state index in [1.165, 1.54) is 5.22 Å². The van der Waals surface area contributed by atoms with Crippen molar-refractivity contribution in [1.29, 1.82) is 0 Å². The molecule has 78 valence electrons. The highest BCUT2D eigenvalue weighted by Gasteiger charge is 2.09. The van der Waals surface area contributed by atoms with E-state index in [0.717, 1.165) is 22.2 Å². The van der Waals surface area contributed by atoms with Gasteiger partial charge in [-0.3, -0.25) is 0 Å². The Labute approximate surface area is 93.8 Å². The molecule has 1 aromatic rings. The monoisotopic (exact) mass is 208 g/mol. The van der Waals surface area contributed by atoms with Crippen molar-refractivity contribution in [2.75, 3.05) is 5.32 Å². The molecule has 0 amide bonds. The SMILES string of the molecule is NC1=CC=CC=c2ccc3c(c21)NC=CC=3. The topological polar surface area (TPSA) is 38.0 Å². The summed E-state index contributed by atoms with van der Waals surface area (Å²) >= 11 is 0. The van der Waals surface area contributed by atoms with E-state index in [1.54, 1.807) is 0 Å². The molecule has 3 N–H and O–H groups in total. The van der Waals surface area contributed by atoms with Crippen molar-refractivity contribution in [2.24, 2.45) is 5.73 Å². The molecule has 16 heavy (non-hydrogen) atoms. The molecule has 1 heterocycles. The van der Waals surface area contributed by atoms with Crippen LogP contribution in [-0.2, 0) is 0 Å². The first-order chi connectivity index (χ1) is 7.86. The number of nitrogens with one attached hydrogen (secondary N) is 1. The van der Waals surface area contributed by atoms with Gasteiger partial charge in [0.05, 0.1) is 5.69 Å². The van der Waals surface area contributed by atoms with Crippen LogP contribution in [0.2, 0.25) is 0 Å². The maximum absolute atomic E-state index is 6.08. The van der Waals surface area contributed by atoms with Crippen LogP contribution in [0.1, 0.15) is 5.56 Å². The van der Waals surface area contributed by atoms with Crippen LogP contribution in [0.3, 0.4) is 0 Å². The van der Waals surface area contributed by atoms with Crippen LogP contribution in [0.4, 0.5) is 5.69 Å². The van der Waals surface area contributed by atoms with Gasteiger partial charge in [-0.2, -0.15) is 0 Å². The van der Waals surface area contributed by atoms with Crippen LogP contribution in [0.15, 0.2) is 42.6 Å². The minimum Gasteiger partial charge on any atom is -0.398 e. The predicted octanol–water partition coefficient (Wildman–Crippen LogP) is 1.06. The van der Waals surface area contributed by atoms with E-state index in [-0.39, 0.29) is 0 Å². The van der Waals surface area contributed by atoms with Crippen LogP contribution in [0.5, 0.6) is 0 Å². The number of hydrogen-bond donors (Lipinski definition) is 2. The largest absolute Gasteiger partial charge is 0.398 e. The van der Waals surface area contributed by atoms with Crippen LogP contribution in [0, 0.1) is 0 Å². The molecule has 0 aromatic heterocycles. The van der Waals surface area contributed by atoms with Crippen LogP contribution < -0.4 is 21.5 Å². The van der Waals surface area contributed by atoms with Gasteiger partial charge in [0.25, 0.3) is 0 Å². The van der Waals surface area contributed by atoms with E-state index >= 15 is 0 Å². The lowest BCUT2D eigenvalue weighted by Crippen LogP contribution is -2.22. The number of anilines is 1. The molecule has 1 aromatic carbocycles. The van der Waals surface area contributed by atoms with Crippen molar-refractivity contribution < 1.29 is 0 Å². The lowest BCUT2D eigenvalue weighted by atomic mass is 10.0. The normalized spacial score (nSPS) is 15.9. The molecular weight excluding hydrogens is 196 g/mol. The summed E-state index contributed by atoms with van der Waals surface area (Å²) in [4.78, 5) is 0. The van der Waals surface area contributed by atoms with Crippen molar-refractivity contribution in [1.82, 2.24) is 0 Å². The van der Waals surface area contributed by atoms with E-state index in [2.05, 4.69) is 29.6 Å². The zero-order valence-electron chi connectivity index (χ0n) is 8.77. The zero-order chi connectivity index (χ0) is 11.0. The summed E-state index contributed by atoms with van der Waals surface area (Å²) in [6.45, 7) is 0. The number of rotatable bonds is 0. The van der Waals surface area contributed by atoms with Gasteiger partial charge in [0.2, 0.25) is 0 Å². The van der Waals surface area contributed by atoms with Crippen molar-refractivity contribution in [3.05, 3.63) is 58.6 Å². The molecule has 1 aliphatic carbocycles. The minimum absolute atomic E-state index is 0.799. The second-order valence-corrected chi connectivity index (χ2v) is 3.84. The third-order valence-corrected chi connectivity index (χ3v) is 2.82. The summed E-state index contributed by atoms with van der Waals surface area (Å²) < 4.78 is 0. The Bertz CT molecular complexity index is 646. The Morgan fingerprint density at radius 1 is 0.875 bits per heavy atom. The minimum atomic E-state index is 0.799. The van der Waals surface area contributed by atoms with Gasteiger partial charge in [-0.25, -0.2) is 0 Å². The fourth-order valence-electron chi connectivity index (χ4n) is 2.06. The molecule has 0 saturated carbocycles. The van der Waals surface area contributed by atoms with Gasteiger partial charge in [-0.05, 0) is 22.6 Å². The van der Waals surface area contributed by atoms with Gasteiger partial charge in [0, 0.05) is 17.5 Å². The number of allylic oxidation sites excluding steroid dienone is 4. The first-order valence-corrected chi connectivity index (χ1v) is 5.27. The summed E-state index contributed by atoms with van der Waals surface area (Å²) in [7, 11) is 0. The molecule has 1 aliphatic heterocycles. The van der Waals surface area contributed by atoms with Crippen molar-refractivity contribution >= 4 is 23.5 Å². The molecule has 0 unspecified atom stereocenters. The highest BCUT2D eigenvalue weighted by molar-refractivity contribution is 5.80. The van der Waals surface area contributed by atoms with Gasteiger partial charge in [-0.15, -0.1) is 0 Å². The van der Waals surface area contributed by atoms with Gasteiger partial charge in [-0.1, -0.05) is 36.4 Å². The molecular formula is C14H12N2. The van der Waals surface area contributed by atoms with Crippen molar-refractivity contribution in [3.8, 4) is 0 Å². The average molecular weight is 208 g/mol. The van der Waals surface area contributed by atoms with Crippen LogP contribution in [0.25, 0.3) is 17.8 Å². The molecule has 0 saturated heterocycles. The number of benzene rings is 1. The standard InChI is InChI=1S/C14H12N2/c15-12-6-2-1-4-10-7-8-11-5-3-9-16-14(11)13(10)12/h1-9,16H,15H2. The summed E-state index contributed by atoms with van der Waals surface area (Å²) in [5.74, 6) is 0. The molecule has 2 nitrogen and oxygen atoms in total. The summed E-state index contributed by atoms with van der Waals surface area (Å²) in [5, 5.41) is 5.59. The Kier molecular flexibility index (Phi) is 1.93. The lowest BCUT2D eigenvalue weighted by Gasteiger charge is -2.13. The number of nitrogens with two attached hydrogens (primary N) is 1. The van der Waals surface area contributed by atoms with Crippen molar-refractivity contribution in [3.63, 3.8) is 0 Å².